The molecule has 0 amide bonds. The van der Waals surface area contributed by atoms with E-state index >= 15 is 0 Å². The summed E-state index contributed by atoms with van der Waals surface area (Å²) in [6.07, 6.45) is 50.3. The first-order chi connectivity index (χ1) is 45.6. The summed E-state index contributed by atoms with van der Waals surface area (Å²) in [6.45, 7) is 14.1. The summed E-state index contributed by atoms with van der Waals surface area (Å²) in [4.78, 5) is 72.7. The molecule has 0 aliphatic carbocycles. The van der Waals surface area contributed by atoms with Gasteiger partial charge in [0.05, 0.1) is 26.4 Å². The van der Waals surface area contributed by atoms with Gasteiger partial charge in [-0.25, -0.2) is 9.13 Å². The van der Waals surface area contributed by atoms with Crippen molar-refractivity contribution in [1.29, 1.82) is 0 Å². The first-order valence-electron chi connectivity index (χ1n) is 39.2. The van der Waals surface area contributed by atoms with Crippen LogP contribution in [0, 0.1) is 23.7 Å². The van der Waals surface area contributed by atoms with Gasteiger partial charge in [0.25, 0.3) is 0 Å². The molecule has 564 valence electrons. The quantitative estimate of drug-likeness (QED) is 0.0222. The maximum Gasteiger partial charge on any atom is 0.472 e. The van der Waals surface area contributed by atoms with Crippen molar-refractivity contribution in [3.05, 3.63) is 0 Å². The topological polar surface area (TPSA) is 237 Å². The lowest BCUT2D eigenvalue weighted by Gasteiger charge is -2.21. The van der Waals surface area contributed by atoms with E-state index in [-0.39, 0.29) is 25.7 Å². The predicted octanol–water partition coefficient (Wildman–Crippen LogP) is 22.0. The highest BCUT2D eigenvalue weighted by molar-refractivity contribution is 7.47. The number of carbonyl (C=O) groups excluding carboxylic acids is 4. The number of hydrogen-bond acceptors (Lipinski definition) is 15. The van der Waals surface area contributed by atoms with Gasteiger partial charge in [0.15, 0.2) is 12.2 Å². The number of aliphatic hydroxyl groups is 1. The molecular weight excluding hydrogens is 1250 g/mol. The molecule has 0 aromatic carbocycles. The number of rotatable bonds is 73. The standard InChI is InChI=1S/C76H148O17P2/c1-9-69(8)55-47-39-30-24-20-16-14-12-10-11-13-15-17-21-26-32-42-50-58-75(80)92-71(62-86-73(78)56-48-40-31-25-22-18-19-23-28-36-44-52-66(2)3)64-90-94(82,83)88-60-70(77)61-89-95(84,85)91-65-72(63-87-74(79)57-49-41-35-34-38-46-54-68(6)7)93-76(81)59-51-43-33-27-29-37-45-53-67(4)5/h66-72,77H,9-65H2,1-8H3,(H,82,83)(H,84,85)/t69?,70-,71-,72-/m1/s1. The molecule has 0 aromatic heterocycles. The van der Waals surface area contributed by atoms with E-state index in [9.17, 15) is 43.2 Å². The lowest BCUT2D eigenvalue weighted by Crippen LogP contribution is -2.30. The fourth-order valence-electron chi connectivity index (χ4n) is 11.5. The van der Waals surface area contributed by atoms with Crippen molar-refractivity contribution in [1.82, 2.24) is 0 Å². The van der Waals surface area contributed by atoms with Crippen LogP contribution in [0.25, 0.3) is 0 Å². The summed E-state index contributed by atoms with van der Waals surface area (Å²) < 4.78 is 68.4. The Balaban J connectivity index is 5.18. The highest BCUT2D eigenvalue weighted by Gasteiger charge is 2.30. The van der Waals surface area contributed by atoms with E-state index < -0.39 is 97.5 Å². The molecule has 6 atom stereocenters. The summed E-state index contributed by atoms with van der Waals surface area (Å²) in [5.41, 5.74) is 0. The van der Waals surface area contributed by atoms with Crippen molar-refractivity contribution >= 4 is 39.5 Å². The molecule has 0 aromatic rings. The summed E-state index contributed by atoms with van der Waals surface area (Å²) in [5.74, 6) is 0.891. The highest BCUT2D eigenvalue weighted by Crippen LogP contribution is 2.45. The van der Waals surface area contributed by atoms with Crippen molar-refractivity contribution in [2.75, 3.05) is 39.6 Å². The molecule has 0 heterocycles. The van der Waals surface area contributed by atoms with Crippen molar-refractivity contribution < 1.29 is 80.2 Å². The van der Waals surface area contributed by atoms with Crippen LogP contribution in [0.15, 0.2) is 0 Å². The van der Waals surface area contributed by atoms with Crippen molar-refractivity contribution in [3.63, 3.8) is 0 Å². The predicted molar refractivity (Wildman–Crippen MR) is 386 cm³/mol. The van der Waals surface area contributed by atoms with Crippen LogP contribution in [0.3, 0.4) is 0 Å². The number of phosphoric ester groups is 2. The SMILES string of the molecule is CCC(C)CCCCCCCCCCCCCCCCCCCCC(=O)O[C@H](COC(=O)CCCCCCCCCCCCCC(C)C)COP(=O)(O)OC[C@@H](O)COP(=O)(O)OC[C@@H](COC(=O)CCCCCCCCC(C)C)OC(=O)CCCCCCCCCC(C)C. The molecule has 19 heteroatoms. The molecule has 0 bridgehead atoms. The van der Waals surface area contributed by atoms with Gasteiger partial charge >= 0.3 is 39.5 Å². The molecule has 0 spiro atoms. The molecule has 0 saturated heterocycles. The van der Waals surface area contributed by atoms with Crippen molar-refractivity contribution in [2.24, 2.45) is 23.7 Å². The van der Waals surface area contributed by atoms with Crippen LogP contribution in [0.4, 0.5) is 0 Å². The second-order valence-electron chi connectivity index (χ2n) is 29.1. The van der Waals surface area contributed by atoms with Gasteiger partial charge in [0, 0.05) is 25.7 Å². The number of unbranched alkanes of at least 4 members (excludes halogenated alkanes) is 38. The van der Waals surface area contributed by atoms with Gasteiger partial charge in [-0.05, 0) is 49.4 Å². The van der Waals surface area contributed by atoms with Gasteiger partial charge < -0.3 is 33.8 Å². The fraction of sp³-hybridized carbons (Fsp3) is 0.947. The van der Waals surface area contributed by atoms with E-state index in [1.807, 2.05) is 0 Å². The van der Waals surface area contributed by atoms with Crippen molar-refractivity contribution in [2.45, 2.75) is 401 Å². The Kier molecular flexibility index (Phi) is 64.0. The minimum absolute atomic E-state index is 0.102. The Morgan fingerprint density at radius 3 is 0.747 bits per heavy atom. The van der Waals surface area contributed by atoms with E-state index in [0.717, 1.165) is 108 Å². The molecule has 0 saturated carbocycles. The van der Waals surface area contributed by atoms with Gasteiger partial charge in [-0.15, -0.1) is 0 Å². The third-order valence-electron chi connectivity index (χ3n) is 17.9. The highest BCUT2D eigenvalue weighted by atomic mass is 31.2. The second kappa shape index (κ2) is 65.4. The number of ether oxygens (including phenoxy) is 4. The van der Waals surface area contributed by atoms with Crippen LogP contribution < -0.4 is 0 Å². The van der Waals surface area contributed by atoms with Crippen LogP contribution in [0.5, 0.6) is 0 Å². The molecule has 95 heavy (non-hydrogen) atoms. The maximum absolute atomic E-state index is 13.1. The largest absolute Gasteiger partial charge is 0.472 e. The van der Waals surface area contributed by atoms with E-state index in [0.29, 0.717) is 37.5 Å². The Morgan fingerprint density at radius 2 is 0.505 bits per heavy atom. The van der Waals surface area contributed by atoms with E-state index in [4.69, 9.17) is 37.0 Å². The monoisotopic (exact) mass is 1400 g/mol. The van der Waals surface area contributed by atoms with Gasteiger partial charge in [0.2, 0.25) is 0 Å². The number of carbonyl (C=O) groups is 4. The molecule has 0 fully saturated rings. The first kappa shape index (κ1) is 93.1. The molecule has 0 aliphatic heterocycles. The van der Waals surface area contributed by atoms with Crippen LogP contribution >= 0.6 is 15.6 Å². The first-order valence-corrected chi connectivity index (χ1v) is 42.2. The third kappa shape index (κ3) is 69.0. The van der Waals surface area contributed by atoms with Gasteiger partial charge in [-0.3, -0.25) is 37.3 Å². The fourth-order valence-corrected chi connectivity index (χ4v) is 13.1. The third-order valence-corrected chi connectivity index (χ3v) is 19.8. The number of hydrogen-bond donors (Lipinski definition) is 3. The van der Waals surface area contributed by atoms with Crippen LogP contribution in [-0.4, -0.2) is 96.7 Å². The molecule has 0 aliphatic rings. The lowest BCUT2D eigenvalue weighted by atomic mass is 9.99. The van der Waals surface area contributed by atoms with Crippen molar-refractivity contribution in [3.8, 4) is 0 Å². The maximum atomic E-state index is 13.1. The average molecular weight is 1400 g/mol. The zero-order valence-electron chi connectivity index (χ0n) is 62.3. The van der Waals surface area contributed by atoms with E-state index in [2.05, 4.69) is 55.4 Å². The van der Waals surface area contributed by atoms with Gasteiger partial charge in [-0.1, -0.05) is 331 Å². The molecule has 0 radical (unpaired) electrons. The Labute approximate surface area is 581 Å². The summed E-state index contributed by atoms with van der Waals surface area (Å²) in [7, 11) is -9.91. The Morgan fingerprint density at radius 1 is 0.295 bits per heavy atom. The van der Waals surface area contributed by atoms with Gasteiger partial charge in [0.1, 0.15) is 19.3 Å². The van der Waals surface area contributed by atoms with Crippen LogP contribution in [0.2, 0.25) is 0 Å². The molecule has 17 nitrogen and oxygen atoms in total. The summed E-state index contributed by atoms with van der Waals surface area (Å²) >= 11 is 0. The Hall–Kier alpha value is -1.94. The van der Waals surface area contributed by atoms with E-state index in [1.165, 1.54) is 180 Å². The van der Waals surface area contributed by atoms with E-state index in [1.54, 1.807) is 0 Å². The Bertz CT molecular complexity index is 1870. The summed E-state index contributed by atoms with van der Waals surface area (Å²) in [6, 6.07) is 0. The molecular formula is C76H148O17P2. The molecule has 0 rings (SSSR count). The molecule has 3 unspecified atom stereocenters. The summed E-state index contributed by atoms with van der Waals surface area (Å²) in [5, 5.41) is 10.6. The number of esters is 4. The zero-order valence-corrected chi connectivity index (χ0v) is 64.1. The lowest BCUT2D eigenvalue weighted by molar-refractivity contribution is -0.161. The minimum atomic E-state index is -4.96. The number of phosphoric acid groups is 2. The van der Waals surface area contributed by atoms with Crippen LogP contribution in [-0.2, 0) is 65.4 Å². The zero-order chi connectivity index (χ0) is 70.3. The minimum Gasteiger partial charge on any atom is -0.462 e. The average Bonchev–Trinajstić information content (AvgIpc) is 1.76. The van der Waals surface area contributed by atoms with Gasteiger partial charge in [-0.2, -0.15) is 0 Å². The smallest absolute Gasteiger partial charge is 0.462 e. The number of aliphatic hydroxyl groups excluding tert-OH is 1. The second-order valence-corrected chi connectivity index (χ2v) is 32.0. The normalized spacial score (nSPS) is 14.4. The van der Waals surface area contributed by atoms with Crippen LogP contribution in [0.1, 0.15) is 383 Å². The molecule has 3 N–H and O–H groups in total.